The van der Waals surface area contributed by atoms with Crippen molar-refractivity contribution < 1.29 is 9.59 Å². The molecule has 1 fully saturated rings. The largest absolute Gasteiger partial charge is 0.354 e. The van der Waals surface area contributed by atoms with Gasteiger partial charge in [0.25, 0.3) is 5.78 Å². The van der Waals surface area contributed by atoms with Gasteiger partial charge >= 0.3 is 0 Å². The van der Waals surface area contributed by atoms with Gasteiger partial charge in [0.15, 0.2) is 5.78 Å². The van der Waals surface area contributed by atoms with Gasteiger partial charge in [-0.05, 0) is 26.0 Å². The molecule has 0 aliphatic carbocycles. The highest BCUT2D eigenvalue weighted by Gasteiger charge is 2.21. The van der Waals surface area contributed by atoms with Crippen LogP contribution in [0.5, 0.6) is 0 Å². The van der Waals surface area contributed by atoms with Crippen LogP contribution in [0, 0.1) is 6.92 Å². The van der Waals surface area contributed by atoms with Crippen molar-refractivity contribution in [1.29, 1.82) is 0 Å². The van der Waals surface area contributed by atoms with Gasteiger partial charge in [-0.15, -0.1) is 0 Å². The molecule has 3 aromatic rings. The Labute approximate surface area is 168 Å². The molecule has 0 radical (unpaired) electrons. The number of nitrogens with one attached hydrogen (secondary N) is 1. The third kappa shape index (κ3) is 4.24. The van der Waals surface area contributed by atoms with Crippen molar-refractivity contribution in [3.63, 3.8) is 0 Å². The standard InChI is InChI=1S/C20H23N7O2/c1-14-10-19(27-20(23-14)21-13-22-27)26-8-6-25(7-9-26)12-18(29)24-17-5-3-4-16(11-17)15(2)28/h3-5,10-11,13H,6-9,12H2,1-2H3,(H,24,29). The average Bonchev–Trinajstić information content (AvgIpc) is 3.16. The molecule has 1 aliphatic heterocycles. The summed E-state index contributed by atoms with van der Waals surface area (Å²) in [4.78, 5) is 36.8. The number of aryl methyl sites for hydroxylation is 1. The number of amides is 1. The summed E-state index contributed by atoms with van der Waals surface area (Å²) in [6.45, 7) is 6.86. The molecular weight excluding hydrogens is 370 g/mol. The van der Waals surface area contributed by atoms with Crippen LogP contribution in [0.3, 0.4) is 0 Å². The zero-order valence-electron chi connectivity index (χ0n) is 16.5. The molecule has 9 heteroatoms. The summed E-state index contributed by atoms with van der Waals surface area (Å²) in [5, 5.41) is 7.15. The molecule has 3 heterocycles. The van der Waals surface area contributed by atoms with Crippen LogP contribution in [-0.2, 0) is 4.79 Å². The van der Waals surface area contributed by atoms with Crippen molar-refractivity contribution >= 4 is 29.0 Å². The Balaban J connectivity index is 1.35. The molecule has 1 aromatic carbocycles. The normalized spacial score (nSPS) is 14.9. The molecule has 4 rings (SSSR count). The van der Waals surface area contributed by atoms with E-state index in [9.17, 15) is 9.59 Å². The molecule has 9 nitrogen and oxygen atoms in total. The lowest BCUT2D eigenvalue weighted by Crippen LogP contribution is -2.49. The Bertz CT molecular complexity index is 1050. The van der Waals surface area contributed by atoms with Crippen molar-refractivity contribution in [1.82, 2.24) is 24.5 Å². The first-order chi connectivity index (χ1) is 14.0. The fourth-order valence-electron chi connectivity index (χ4n) is 3.49. The zero-order valence-corrected chi connectivity index (χ0v) is 16.5. The summed E-state index contributed by atoms with van der Waals surface area (Å²) in [6.07, 6.45) is 1.51. The third-order valence-electron chi connectivity index (χ3n) is 4.98. The lowest BCUT2D eigenvalue weighted by atomic mass is 10.1. The number of hydrogen-bond donors (Lipinski definition) is 1. The van der Waals surface area contributed by atoms with E-state index in [-0.39, 0.29) is 11.7 Å². The predicted molar refractivity (Wildman–Crippen MR) is 109 cm³/mol. The van der Waals surface area contributed by atoms with E-state index in [0.29, 0.717) is 23.6 Å². The minimum absolute atomic E-state index is 0.0231. The highest BCUT2D eigenvalue weighted by molar-refractivity contribution is 5.97. The summed E-state index contributed by atoms with van der Waals surface area (Å²) in [7, 11) is 0. The summed E-state index contributed by atoms with van der Waals surface area (Å²) in [5.41, 5.74) is 2.13. The van der Waals surface area contributed by atoms with Gasteiger partial charge in [-0.1, -0.05) is 12.1 Å². The SMILES string of the molecule is CC(=O)c1cccc(NC(=O)CN2CCN(c3cc(C)nc4ncnn34)CC2)c1. The second kappa shape index (κ2) is 7.96. The lowest BCUT2D eigenvalue weighted by molar-refractivity contribution is -0.117. The van der Waals surface area contributed by atoms with Crippen molar-refractivity contribution in [3.8, 4) is 0 Å². The summed E-state index contributed by atoms with van der Waals surface area (Å²) >= 11 is 0. The van der Waals surface area contributed by atoms with Gasteiger partial charge in [0.05, 0.1) is 6.54 Å². The number of aromatic nitrogens is 4. The second-order valence-electron chi connectivity index (χ2n) is 7.18. The van der Waals surface area contributed by atoms with E-state index in [2.05, 4.69) is 30.2 Å². The fraction of sp³-hybridized carbons (Fsp3) is 0.350. The summed E-state index contributed by atoms with van der Waals surface area (Å²) in [5.74, 6) is 1.45. The van der Waals surface area contributed by atoms with Crippen LogP contribution in [0.25, 0.3) is 5.78 Å². The molecule has 0 bridgehead atoms. The predicted octanol–water partition coefficient (Wildman–Crippen LogP) is 1.40. The number of carbonyl (C=O) groups is 2. The summed E-state index contributed by atoms with van der Waals surface area (Å²) in [6, 6.07) is 9.01. The van der Waals surface area contributed by atoms with Gasteiger partial charge in [-0.2, -0.15) is 14.6 Å². The van der Waals surface area contributed by atoms with Crippen molar-refractivity contribution in [2.24, 2.45) is 0 Å². The number of anilines is 2. The molecule has 1 amide bonds. The van der Waals surface area contributed by atoms with E-state index in [1.54, 1.807) is 28.8 Å². The zero-order chi connectivity index (χ0) is 20.4. The average molecular weight is 393 g/mol. The highest BCUT2D eigenvalue weighted by Crippen LogP contribution is 2.18. The van der Waals surface area contributed by atoms with Crippen LogP contribution in [-0.4, -0.2) is 68.9 Å². The molecule has 29 heavy (non-hydrogen) atoms. The monoisotopic (exact) mass is 393 g/mol. The maximum atomic E-state index is 12.4. The molecule has 0 atom stereocenters. The lowest BCUT2D eigenvalue weighted by Gasteiger charge is -2.35. The van der Waals surface area contributed by atoms with Crippen LogP contribution >= 0.6 is 0 Å². The molecule has 0 unspecified atom stereocenters. The number of benzene rings is 1. The van der Waals surface area contributed by atoms with Crippen molar-refractivity contribution in [2.45, 2.75) is 13.8 Å². The van der Waals surface area contributed by atoms with E-state index in [1.165, 1.54) is 13.3 Å². The van der Waals surface area contributed by atoms with Gasteiger partial charge < -0.3 is 10.2 Å². The van der Waals surface area contributed by atoms with Gasteiger partial charge in [-0.25, -0.2) is 4.98 Å². The molecule has 0 spiro atoms. The Hall–Kier alpha value is -3.33. The van der Waals surface area contributed by atoms with E-state index in [1.807, 2.05) is 13.0 Å². The van der Waals surface area contributed by atoms with Crippen LogP contribution in [0.15, 0.2) is 36.7 Å². The Morgan fingerprint density at radius 3 is 2.69 bits per heavy atom. The van der Waals surface area contributed by atoms with Crippen LogP contribution in [0.2, 0.25) is 0 Å². The number of piperazine rings is 1. The molecule has 1 N–H and O–H groups in total. The smallest absolute Gasteiger partial charge is 0.254 e. The molecule has 0 saturated carbocycles. The van der Waals surface area contributed by atoms with Crippen LogP contribution in [0.4, 0.5) is 11.5 Å². The molecule has 1 saturated heterocycles. The van der Waals surface area contributed by atoms with Crippen LogP contribution < -0.4 is 10.2 Å². The van der Waals surface area contributed by atoms with Gasteiger partial charge in [-0.3, -0.25) is 14.5 Å². The second-order valence-corrected chi connectivity index (χ2v) is 7.18. The van der Waals surface area contributed by atoms with Crippen molar-refractivity contribution in [2.75, 3.05) is 42.9 Å². The number of fused-ring (bicyclic) bond motifs is 1. The number of ketones is 1. The Morgan fingerprint density at radius 1 is 1.14 bits per heavy atom. The number of hydrogen-bond acceptors (Lipinski definition) is 7. The highest BCUT2D eigenvalue weighted by atomic mass is 16.2. The van der Waals surface area contributed by atoms with E-state index in [4.69, 9.17) is 0 Å². The first-order valence-electron chi connectivity index (χ1n) is 9.55. The first-order valence-corrected chi connectivity index (χ1v) is 9.55. The number of Topliss-reactive ketones (excluding diaryl/α,β-unsaturated/α-hetero) is 1. The van der Waals surface area contributed by atoms with Gasteiger partial charge in [0.2, 0.25) is 5.91 Å². The summed E-state index contributed by atoms with van der Waals surface area (Å²) < 4.78 is 1.75. The Morgan fingerprint density at radius 2 is 1.93 bits per heavy atom. The minimum atomic E-state index is -0.0856. The number of carbonyl (C=O) groups excluding carboxylic acids is 2. The maximum absolute atomic E-state index is 12.4. The molecule has 150 valence electrons. The van der Waals surface area contributed by atoms with Crippen LogP contribution in [0.1, 0.15) is 23.0 Å². The van der Waals surface area contributed by atoms with Gasteiger partial charge in [0, 0.05) is 49.2 Å². The molecule has 1 aliphatic rings. The van der Waals surface area contributed by atoms with E-state index in [0.717, 1.165) is 37.7 Å². The third-order valence-corrected chi connectivity index (χ3v) is 4.98. The maximum Gasteiger partial charge on any atom is 0.254 e. The number of nitrogens with zero attached hydrogens (tertiary/aromatic N) is 6. The van der Waals surface area contributed by atoms with Crippen molar-refractivity contribution in [3.05, 3.63) is 47.9 Å². The minimum Gasteiger partial charge on any atom is -0.354 e. The van der Waals surface area contributed by atoms with E-state index >= 15 is 0 Å². The molecular formula is C20H23N7O2. The quantitative estimate of drug-likeness (QED) is 0.655. The van der Waals surface area contributed by atoms with Gasteiger partial charge in [0.1, 0.15) is 12.1 Å². The topological polar surface area (TPSA) is 95.7 Å². The van der Waals surface area contributed by atoms with E-state index < -0.39 is 0 Å². The molecule has 2 aromatic heterocycles. The first kappa shape index (κ1) is 19.0. The number of rotatable bonds is 5. The Kier molecular flexibility index (Phi) is 5.22. The fourth-order valence-corrected chi connectivity index (χ4v) is 3.49.